The summed E-state index contributed by atoms with van der Waals surface area (Å²) in [5, 5.41) is 10.1. The molecule has 0 bridgehead atoms. The standard InChI is InChI=1S/C35H40O7S/c1-23-3-11-28(12-4-23)43(38,39)42-20-18-40-17-19-41-27-9-5-24(6-10-27)31-22-35(2)32(15-16-33(35)37)30-13-7-25-21-26(36)8-14-29(25)34(30)31/h3-6,8-12,14,21,30-32,34,36H,7,13,15-20,22H2,1-2H3/t30-,31+,32-,34+,35-/m0/s1. The van der Waals surface area contributed by atoms with E-state index in [-0.39, 0.29) is 29.4 Å². The van der Waals surface area contributed by atoms with Crippen LogP contribution in [0.5, 0.6) is 11.5 Å². The molecule has 1 N–H and O–H groups in total. The van der Waals surface area contributed by atoms with Crippen LogP contribution in [0.25, 0.3) is 0 Å². The highest BCUT2D eigenvalue weighted by molar-refractivity contribution is 7.86. The number of aromatic hydroxyl groups is 1. The predicted octanol–water partition coefficient (Wildman–Crippen LogP) is 6.32. The minimum absolute atomic E-state index is 0.0700. The van der Waals surface area contributed by atoms with Crippen LogP contribution in [0.1, 0.15) is 66.7 Å². The molecule has 0 saturated heterocycles. The maximum atomic E-state index is 13.2. The number of phenols is 1. The van der Waals surface area contributed by atoms with Crippen LogP contribution in [0.4, 0.5) is 0 Å². The van der Waals surface area contributed by atoms with E-state index in [1.165, 1.54) is 28.8 Å². The van der Waals surface area contributed by atoms with E-state index in [0.29, 0.717) is 48.9 Å². The predicted molar refractivity (Wildman–Crippen MR) is 163 cm³/mol. The maximum absolute atomic E-state index is 13.2. The van der Waals surface area contributed by atoms with Crippen molar-refractivity contribution in [1.82, 2.24) is 0 Å². The van der Waals surface area contributed by atoms with Crippen molar-refractivity contribution >= 4 is 15.9 Å². The van der Waals surface area contributed by atoms with Gasteiger partial charge in [-0.25, -0.2) is 0 Å². The van der Waals surface area contributed by atoms with Gasteiger partial charge in [0.05, 0.1) is 24.7 Å². The summed E-state index contributed by atoms with van der Waals surface area (Å²) in [6, 6.07) is 20.6. The number of ketones is 1. The molecule has 0 spiro atoms. The molecule has 3 aromatic rings. The number of phenolic OH excluding ortho intramolecular Hbond substituents is 1. The lowest BCUT2D eigenvalue weighted by atomic mass is 9.51. The normalized spacial score (nSPS) is 26.4. The fraction of sp³-hybridized carbons (Fsp3) is 0.457. The third-order valence-corrected chi connectivity index (χ3v) is 11.3. The van der Waals surface area contributed by atoms with Gasteiger partial charge in [0.2, 0.25) is 0 Å². The van der Waals surface area contributed by atoms with Gasteiger partial charge in [0.1, 0.15) is 23.9 Å². The summed E-state index contributed by atoms with van der Waals surface area (Å²) in [7, 11) is -3.81. The van der Waals surface area contributed by atoms with Gasteiger partial charge in [-0.15, -0.1) is 0 Å². The first-order valence-electron chi connectivity index (χ1n) is 15.3. The first-order valence-corrected chi connectivity index (χ1v) is 16.7. The Bertz CT molecular complexity index is 1560. The van der Waals surface area contributed by atoms with Gasteiger partial charge in [0.15, 0.2) is 0 Å². The molecule has 8 heteroatoms. The van der Waals surface area contributed by atoms with Crippen LogP contribution < -0.4 is 4.74 Å². The summed E-state index contributed by atoms with van der Waals surface area (Å²) in [5.74, 6) is 2.87. The Balaban J connectivity index is 1.05. The molecule has 2 fully saturated rings. The Morgan fingerprint density at radius 1 is 0.907 bits per heavy atom. The van der Waals surface area contributed by atoms with Gasteiger partial charge in [-0.05, 0) is 109 Å². The lowest BCUT2D eigenvalue weighted by Gasteiger charge is -2.52. The summed E-state index contributed by atoms with van der Waals surface area (Å²) < 4.78 is 41.0. The minimum atomic E-state index is -3.81. The van der Waals surface area contributed by atoms with Gasteiger partial charge in [0, 0.05) is 11.8 Å². The van der Waals surface area contributed by atoms with E-state index in [1.54, 1.807) is 18.2 Å². The van der Waals surface area contributed by atoms with E-state index < -0.39 is 10.1 Å². The van der Waals surface area contributed by atoms with Crippen molar-refractivity contribution in [2.75, 3.05) is 26.4 Å². The lowest BCUT2D eigenvalue weighted by Crippen LogP contribution is -2.45. The van der Waals surface area contributed by atoms with Crippen LogP contribution in [0.3, 0.4) is 0 Å². The van der Waals surface area contributed by atoms with Crippen molar-refractivity contribution in [3.63, 3.8) is 0 Å². The van der Waals surface area contributed by atoms with Crippen LogP contribution >= 0.6 is 0 Å². The van der Waals surface area contributed by atoms with Crippen LogP contribution in [-0.4, -0.2) is 45.7 Å². The molecule has 3 aliphatic rings. The Kier molecular flexibility index (Phi) is 8.37. The maximum Gasteiger partial charge on any atom is 0.297 e. The highest BCUT2D eigenvalue weighted by Crippen LogP contribution is 2.64. The van der Waals surface area contributed by atoms with Gasteiger partial charge in [-0.1, -0.05) is 42.8 Å². The molecule has 0 amide bonds. The molecule has 0 radical (unpaired) electrons. The fourth-order valence-corrected chi connectivity index (χ4v) is 8.79. The monoisotopic (exact) mass is 604 g/mol. The summed E-state index contributed by atoms with van der Waals surface area (Å²) in [6.45, 7) is 4.78. The Hall–Kier alpha value is -3.20. The number of carbonyl (C=O) groups excluding carboxylic acids is 1. The number of ether oxygens (including phenoxy) is 2. The molecule has 43 heavy (non-hydrogen) atoms. The van der Waals surface area contributed by atoms with Gasteiger partial charge < -0.3 is 14.6 Å². The van der Waals surface area contributed by atoms with Crippen LogP contribution in [-0.2, 0) is 30.3 Å². The molecule has 6 rings (SSSR count). The quantitative estimate of drug-likeness (QED) is 0.214. The fourth-order valence-electron chi connectivity index (χ4n) is 7.90. The number of aryl methyl sites for hydroxylation is 2. The van der Waals surface area contributed by atoms with Crippen LogP contribution in [0.15, 0.2) is 71.6 Å². The third-order valence-electron chi connectivity index (χ3n) is 10.0. The number of carbonyl (C=O) groups is 1. The molecule has 5 atom stereocenters. The molecule has 0 unspecified atom stereocenters. The van der Waals surface area contributed by atoms with Gasteiger partial charge >= 0.3 is 0 Å². The van der Waals surface area contributed by atoms with Crippen molar-refractivity contribution in [3.05, 3.63) is 89.0 Å². The summed E-state index contributed by atoms with van der Waals surface area (Å²) in [4.78, 5) is 13.3. The van der Waals surface area contributed by atoms with E-state index in [2.05, 4.69) is 25.1 Å². The number of benzene rings is 3. The summed E-state index contributed by atoms with van der Waals surface area (Å²) in [6.07, 6.45) is 4.51. The van der Waals surface area contributed by atoms with Crippen LogP contribution in [0.2, 0.25) is 0 Å². The van der Waals surface area contributed by atoms with E-state index in [0.717, 1.165) is 37.0 Å². The van der Waals surface area contributed by atoms with Gasteiger partial charge in [-0.3, -0.25) is 8.98 Å². The molecular formula is C35H40O7S. The number of fused-ring (bicyclic) bond motifs is 5. The van der Waals surface area contributed by atoms with Gasteiger partial charge in [-0.2, -0.15) is 8.42 Å². The highest BCUT2D eigenvalue weighted by Gasteiger charge is 2.57. The molecule has 0 heterocycles. The zero-order valence-electron chi connectivity index (χ0n) is 24.8. The van der Waals surface area contributed by atoms with E-state index in [4.69, 9.17) is 13.7 Å². The zero-order valence-corrected chi connectivity index (χ0v) is 25.6. The number of hydrogen-bond donors (Lipinski definition) is 1. The third kappa shape index (κ3) is 5.97. The molecule has 7 nitrogen and oxygen atoms in total. The van der Waals surface area contributed by atoms with Crippen molar-refractivity contribution < 1.29 is 32.0 Å². The number of rotatable bonds is 10. The molecule has 2 saturated carbocycles. The summed E-state index contributed by atoms with van der Waals surface area (Å²) >= 11 is 0. The number of hydrogen-bond acceptors (Lipinski definition) is 7. The SMILES string of the molecule is Cc1ccc(S(=O)(=O)OCCOCCOc2ccc([C@H]3C[C@]4(C)C(=O)CC[C@H]4[C@@H]4CCc5cc(O)ccc5[C@H]43)cc2)cc1. The minimum Gasteiger partial charge on any atom is -0.508 e. The Morgan fingerprint density at radius 2 is 1.65 bits per heavy atom. The Morgan fingerprint density at radius 3 is 2.42 bits per heavy atom. The first-order chi connectivity index (χ1) is 20.7. The lowest BCUT2D eigenvalue weighted by molar-refractivity contribution is -0.130. The van der Waals surface area contributed by atoms with Crippen molar-refractivity contribution in [2.45, 2.75) is 62.7 Å². The van der Waals surface area contributed by atoms with Crippen molar-refractivity contribution in [2.24, 2.45) is 17.3 Å². The average Bonchev–Trinajstić information content (AvgIpc) is 3.30. The zero-order chi connectivity index (χ0) is 30.2. The van der Waals surface area contributed by atoms with Crippen LogP contribution in [0, 0.1) is 24.2 Å². The van der Waals surface area contributed by atoms with Crippen molar-refractivity contribution in [3.8, 4) is 11.5 Å². The second kappa shape index (κ2) is 12.1. The van der Waals surface area contributed by atoms with E-state index in [1.807, 2.05) is 25.1 Å². The molecule has 228 valence electrons. The van der Waals surface area contributed by atoms with E-state index >= 15 is 0 Å². The van der Waals surface area contributed by atoms with Crippen molar-refractivity contribution in [1.29, 1.82) is 0 Å². The van der Waals surface area contributed by atoms with Gasteiger partial charge in [0.25, 0.3) is 10.1 Å². The second-order valence-corrected chi connectivity index (χ2v) is 14.1. The molecule has 0 aliphatic heterocycles. The smallest absolute Gasteiger partial charge is 0.297 e. The second-order valence-electron chi connectivity index (χ2n) is 12.5. The largest absolute Gasteiger partial charge is 0.508 e. The summed E-state index contributed by atoms with van der Waals surface area (Å²) in [5.41, 5.74) is 4.47. The molecule has 3 aliphatic carbocycles. The molecule has 3 aromatic carbocycles. The topological polar surface area (TPSA) is 99.1 Å². The highest BCUT2D eigenvalue weighted by atomic mass is 32.2. The average molecular weight is 605 g/mol. The number of Topliss-reactive ketones (excluding diaryl/α,β-unsaturated/α-hetero) is 1. The Labute approximate surface area is 254 Å². The molecule has 0 aromatic heterocycles. The first kappa shape index (κ1) is 29.9. The van der Waals surface area contributed by atoms with E-state index in [9.17, 15) is 18.3 Å². The molecular weight excluding hydrogens is 564 g/mol.